The summed E-state index contributed by atoms with van der Waals surface area (Å²) in [7, 11) is 0. The molecule has 0 spiro atoms. The van der Waals surface area contributed by atoms with Gasteiger partial charge in [0, 0.05) is 6.54 Å². The summed E-state index contributed by atoms with van der Waals surface area (Å²) >= 11 is 1.85. The van der Waals surface area contributed by atoms with Crippen LogP contribution in [-0.4, -0.2) is 42.9 Å². The van der Waals surface area contributed by atoms with Crippen LogP contribution in [0, 0.1) is 5.92 Å². The molecule has 1 rings (SSSR count). The molecule has 0 saturated heterocycles. The predicted molar refractivity (Wildman–Crippen MR) is 82.5 cm³/mol. The molecule has 4 heteroatoms. The number of aliphatic hydroxyl groups is 1. The van der Waals surface area contributed by atoms with Crippen LogP contribution in [0.3, 0.4) is 0 Å². The molecule has 1 aromatic carbocycles. The molecule has 0 aliphatic carbocycles. The topological polar surface area (TPSA) is 41.5 Å². The number of hydrogen-bond donors (Lipinski definition) is 2. The van der Waals surface area contributed by atoms with Gasteiger partial charge in [-0.05, 0) is 30.0 Å². The molecule has 0 fully saturated rings. The molecular formula is C15H25NO2S. The summed E-state index contributed by atoms with van der Waals surface area (Å²) < 4.78 is 5.49. The molecule has 0 amide bonds. The van der Waals surface area contributed by atoms with Crippen LogP contribution in [0.2, 0.25) is 0 Å². The summed E-state index contributed by atoms with van der Waals surface area (Å²) in [5.41, 5.74) is 1.14. The maximum absolute atomic E-state index is 9.78. The Bertz CT molecular complexity index is 321. The number of hydrogen-bond acceptors (Lipinski definition) is 4. The summed E-state index contributed by atoms with van der Waals surface area (Å²) in [6, 6.07) is 10.0. The predicted octanol–water partition coefficient (Wildman–Crippen LogP) is 2.15. The van der Waals surface area contributed by atoms with E-state index in [1.165, 1.54) is 0 Å². The van der Waals surface area contributed by atoms with Crippen molar-refractivity contribution >= 4 is 11.8 Å². The maximum Gasteiger partial charge on any atom is 0.0897 e. The summed E-state index contributed by atoms with van der Waals surface area (Å²) in [5.74, 6) is 1.78. The van der Waals surface area contributed by atoms with E-state index in [-0.39, 0.29) is 0 Å². The Balaban J connectivity index is 2.03. The number of rotatable bonds is 10. The minimum Gasteiger partial charge on any atom is -0.389 e. The lowest BCUT2D eigenvalue weighted by molar-refractivity contribution is 0.0287. The Morgan fingerprint density at radius 2 is 2.00 bits per heavy atom. The van der Waals surface area contributed by atoms with Gasteiger partial charge in [-0.25, -0.2) is 0 Å². The highest BCUT2D eigenvalue weighted by molar-refractivity contribution is 7.98. The summed E-state index contributed by atoms with van der Waals surface area (Å²) in [6.07, 6.45) is 1.67. The van der Waals surface area contributed by atoms with Gasteiger partial charge < -0.3 is 15.2 Å². The van der Waals surface area contributed by atoms with Gasteiger partial charge in [0.05, 0.1) is 19.3 Å². The van der Waals surface area contributed by atoms with Crippen LogP contribution in [0.25, 0.3) is 0 Å². The number of benzene rings is 1. The maximum atomic E-state index is 9.78. The quantitative estimate of drug-likeness (QED) is 0.690. The van der Waals surface area contributed by atoms with Gasteiger partial charge in [-0.2, -0.15) is 11.8 Å². The second-order valence-corrected chi connectivity index (χ2v) is 5.78. The third kappa shape index (κ3) is 8.26. The van der Waals surface area contributed by atoms with E-state index in [0.717, 1.165) is 17.9 Å². The molecule has 3 nitrogen and oxygen atoms in total. The Morgan fingerprint density at radius 3 is 2.68 bits per heavy atom. The minimum absolute atomic E-state index is 0.374. The van der Waals surface area contributed by atoms with E-state index in [4.69, 9.17) is 4.74 Å². The van der Waals surface area contributed by atoms with Crippen LogP contribution >= 0.6 is 11.8 Å². The first-order chi connectivity index (χ1) is 9.22. The van der Waals surface area contributed by atoms with Crippen LogP contribution in [0.5, 0.6) is 0 Å². The third-order valence-corrected chi connectivity index (χ3v) is 3.65. The lowest BCUT2D eigenvalue weighted by Crippen LogP contribution is -2.33. The van der Waals surface area contributed by atoms with Gasteiger partial charge in [-0.3, -0.25) is 0 Å². The number of ether oxygens (including phenoxy) is 1. The van der Waals surface area contributed by atoms with E-state index in [1.807, 2.05) is 42.1 Å². The fourth-order valence-electron chi connectivity index (χ4n) is 1.79. The van der Waals surface area contributed by atoms with Gasteiger partial charge in [0.2, 0.25) is 0 Å². The fourth-order valence-corrected chi connectivity index (χ4v) is 2.47. The highest BCUT2D eigenvalue weighted by Gasteiger charge is 2.06. The van der Waals surface area contributed by atoms with Crippen LogP contribution in [0.15, 0.2) is 30.3 Å². The van der Waals surface area contributed by atoms with Gasteiger partial charge in [0.25, 0.3) is 0 Å². The van der Waals surface area contributed by atoms with Crippen molar-refractivity contribution in [1.29, 1.82) is 0 Å². The molecule has 0 aliphatic heterocycles. The van der Waals surface area contributed by atoms with Gasteiger partial charge >= 0.3 is 0 Å². The van der Waals surface area contributed by atoms with E-state index in [9.17, 15) is 5.11 Å². The summed E-state index contributed by atoms with van der Waals surface area (Å²) in [6.45, 7) is 4.67. The van der Waals surface area contributed by atoms with Crippen molar-refractivity contribution in [2.24, 2.45) is 5.92 Å². The van der Waals surface area contributed by atoms with Crippen molar-refractivity contribution in [3.05, 3.63) is 35.9 Å². The average molecular weight is 283 g/mol. The smallest absolute Gasteiger partial charge is 0.0897 e. The molecule has 0 aliphatic rings. The van der Waals surface area contributed by atoms with Crippen molar-refractivity contribution in [3.8, 4) is 0 Å². The molecule has 0 heterocycles. The van der Waals surface area contributed by atoms with Crippen molar-refractivity contribution in [3.63, 3.8) is 0 Å². The average Bonchev–Trinajstić information content (AvgIpc) is 2.40. The minimum atomic E-state index is -0.440. The SMILES string of the molecule is CSCC(C)CNCC(O)COCc1ccccc1. The molecule has 0 saturated carbocycles. The van der Waals surface area contributed by atoms with Crippen molar-refractivity contribution in [1.82, 2.24) is 5.32 Å². The van der Waals surface area contributed by atoms with Gasteiger partial charge in [0.1, 0.15) is 0 Å². The fraction of sp³-hybridized carbons (Fsp3) is 0.600. The van der Waals surface area contributed by atoms with Crippen LogP contribution in [0.1, 0.15) is 12.5 Å². The lowest BCUT2D eigenvalue weighted by Gasteiger charge is -2.15. The van der Waals surface area contributed by atoms with E-state index >= 15 is 0 Å². The first-order valence-electron chi connectivity index (χ1n) is 6.71. The molecule has 2 atom stereocenters. The number of aliphatic hydroxyl groups excluding tert-OH is 1. The molecule has 108 valence electrons. The van der Waals surface area contributed by atoms with E-state index < -0.39 is 6.10 Å². The molecule has 0 bridgehead atoms. The summed E-state index contributed by atoms with van der Waals surface area (Å²) in [5, 5.41) is 13.1. The Labute approximate surface area is 120 Å². The molecule has 1 aromatic rings. The van der Waals surface area contributed by atoms with Crippen molar-refractivity contribution in [2.45, 2.75) is 19.6 Å². The molecule has 0 radical (unpaired) electrons. The lowest BCUT2D eigenvalue weighted by atomic mass is 10.2. The van der Waals surface area contributed by atoms with Crippen molar-refractivity contribution < 1.29 is 9.84 Å². The Kier molecular flexibility index (Phi) is 8.91. The highest BCUT2D eigenvalue weighted by Crippen LogP contribution is 2.03. The largest absolute Gasteiger partial charge is 0.389 e. The third-order valence-electron chi connectivity index (χ3n) is 2.75. The zero-order valence-electron chi connectivity index (χ0n) is 11.8. The van der Waals surface area contributed by atoms with E-state index in [1.54, 1.807) is 0 Å². The van der Waals surface area contributed by atoms with Crippen LogP contribution in [0.4, 0.5) is 0 Å². The summed E-state index contributed by atoms with van der Waals surface area (Å²) in [4.78, 5) is 0. The molecule has 2 N–H and O–H groups in total. The number of nitrogens with one attached hydrogen (secondary N) is 1. The highest BCUT2D eigenvalue weighted by atomic mass is 32.2. The van der Waals surface area contributed by atoms with E-state index in [0.29, 0.717) is 25.7 Å². The van der Waals surface area contributed by atoms with Gasteiger partial charge in [0.15, 0.2) is 0 Å². The Morgan fingerprint density at radius 1 is 1.26 bits per heavy atom. The zero-order valence-corrected chi connectivity index (χ0v) is 12.7. The second-order valence-electron chi connectivity index (χ2n) is 4.87. The first-order valence-corrected chi connectivity index (χ1v) is 8.11. The normalized spacial score (nSPS) is 14.3. The molecule has 2 unspecified atom stereocenters. The molecular weight excluding hydrogens is 258 g/mol. The van der Waals surface area contributed by atoms with Gasteiger partial charge in [-0.15, -0.1) is 0 Å². The van der Waals surface area contributed by atoms with Crippen LogP contribution in [-0.2, 0) is 11.3 Å². The zero-order chi connectivity index (χ0) is 13.9. The van der Waals surface area contributed by atoms with E-state index in [2.05, 4.69) is 18.5 Å². The molecule has 0 aromatic heterocycles. The standard InChI is InChI=1S/C15H25NO2S/c1-13(12-19-2)8-16-9-15(17)11-18-10-14-6-4-3-5-7-14/h3-7,13,15-17H,8-12H2,1-2H3. The monoisotopic (exact) mass is 283 g/mol. The second kappa shape index (κ2) is 10.3. The van der Waals surface area contributed by atoms with Gasteiger partial charge in [-0.1, -0.05) is 37.3 Å². The molecule has 19 heavy (non-hydrogen) atoms. The van der Waals surface area contributed by atoms with Crippen molar-refractivity contribution in [2.75, 3.05) is 31.7 Å². The Hall–Kier alpha value is -0.550. The van der Waals surface area contributed by atoms with Crippen LogP contribution < -0.4 is 5.32 Å². The first kappa shape index (κ1) is 16.5. The number of thioether (sulfide) groups is 1.